The maximum absolute atomic E-state index is 11.2. The first-order valence-corrected chi connectivity index (χ1v) is 5.61. The lowest BCUT2D eigenvalue weighted by molar-refractivity contribution is -0.140. The van der Waals surface area contributed by atoms with E-state index in [4.69, 9.17) is 4.74 Å². The van der Waals surface area contributed by atoms with Crippen LogP contribution in [0.4, 0.5) is 0 Å². The fourth-order valence-electron chi connectivity index (χ4n) is 2.53. The van der Waals surface area contributed by atoms with Crippen molar-refractivity contribution in [2.24, 2.45) is 0 Å². The Morgan fingerprint density at radius 1 is 1.21 bits per heavy atom. The molecule has 0 radical (unpaired) electrons. The highest BCUT2D eigenvalue weighted by Gasteiger charge is 2.37. The number of piperidine rings is 1. The summed E-state index contributed by atoms with van der Waals surface area (Å²) < 4.78 is 5.90. The van der Waals surface area contributed by atoms with Crippen LogP contribution in [-0.2, 0) is 9.53 Å². The van der Waals surface area contributed by atoms with Gasteiger partial charge in [-0.2, -0.15) is 0 Å². The van der Waals surface area contributed by atoms with Crippen LogP contribution in [-0.4, -0.2) is 36.1 Å². The summed E-state index contributed by atoms with van der Waals surface area (Å²) in [5.74, 6) is 0.204. The van der Waals surface area contributed by atoms with Crippen LogP contribution in [0.5, 0.6) is 0 Å². The molecule has 0 atom stereocenters. The van der Waals surface area contributed by atoms with Gasteiger partial charge < -0.3 is 9.64 Å². The number of hydrogen-bond donors (Lipinski definition) is 0. The SMILES string of the molecule is CC(=O)N1CCC2(CCCCO2)CC1. The Labute approximate surface area is 85.4 Å². The first kappa shape index (κ1) is 9.97. The first-order chi connectivity index (χ1) is 6.72. The minimum atomic E-state index is 0.129. The smallest absolute Gasteiger partial charge is 0.219 e. The number of carbonyl (C=O) groups is 1. The van der Waals surface area contributed by atoms with Crippen LogP contribution in [0.3, 0.4) is 0 Å². The number of hydrogen-bond acceptors (Lipinski definition) is 2. The lowest BCUT2D eigenvalue weighted by atomic mass is 9.84. The highest BCUT2D eigenvalue weighted by molar-refractivity contribution is 5.73. The quantitative estimate of drug-likeness (QED) is 0.590. The van der Waals surface area contributed by atoms with E-state index in [1.165, 1.54) is 19.3 Å². The molecule has 2 rings (SSSR count). The summed E-state index contributed by atoms with van der Waals surface area (Å²) >= 11 is 0. The van der Waals surface area contributed by atoms with E-state index in [0.717, 1.165) is 32.5 Å². The van der Waals surface area contributed by atoms with Crippen LogP contribution < -0.4 is 0 Å². The van der Waals surface area contributed by atoms with Crippen molar-refractivity contribution >= 4 is 5.91 Å². The van der Waals surface area contributed by atoms with Crippen molar-refractivity contribution in [1.82, 2.24) is 4.90 Å². The highest BCUT2D eigenvalue weighted by Crippen LogP contribution is 2.34. The molecule has 14 heavy (non-hydrogen) atoms. The molecule has 2 fully saturated rings. The van der Waals surface area contributed by atoms with Crippen molar-refractivity contribution in [3.8, 4) is 0 Å². The molecule has 0 N–H and O–H groups in total. The van der Waals surface area contributed by atoms with Gasteiger partial charge in [-0.1, -0.05) is 0 Å². The number of ether oxygens (including phenoxy) is 1. The van der Waals surface area contributed by atoms with E-state index in [0.29, 0.717) is 0 Å². The topological polar surface area (TPSA) is 29.5 Å². The Balaban J connectivity index is 1.90. The number of amides is 1. The van der Waals surface area contributed by atoms with Gasteiger partial charge in [-0.05, 0) is 32.1 Å². The van der Waals surface area contributed by atoms with Gasteiger partial charge in [-0.15, -0.1) is 0 Å². The number of carbonyl (C=O) groups excluding carboxylic acids is 1. The predicted molar refractivity (Wildman–Crippen MR) is 54.0 cm³/mol. The van der Waals surface area contributed by atoms with Crippen LogP contribution in [0.1, 0.15) is 39.0 Å². The number of rotatable bonds is 0. The van der Waals surface area contributed by atoms with Crippen molar-refractivity contribution in [2.75, 3.05) is 19.7 Å². The van der Waals surface area contributed by atoms with E-state index in [9.17, 15) is 4.79 Å². The van der Waals surface area contributed by atoms with E-state index < -0.39 is 0 Å². The highest BCUT2D eigenvalue weighted by atomic mass is 16.5. The van der Waals surface area contributed by atoms with Gasteiger partial charge >= 0.3 is 0 Å². The fraction of sp³-hybridized carbons (Fsp3) is 0.909. The van der Waals surface area contributed by atoms with Gasteiger partial charge in [0.25, 0.3) is 0 Å². The van der Waals surface area contributed by atoms with Crippen LogP contribution in [0.25, 0.3) is 0 Å². The lowest BCUT2D eigenvalue weighted by Gasteiger charge is -2.43. The largest absolute Gasteiger partial charge is 0.375 e. The summed E-state index contributed by atoms with van der Waals surface area (Å²) in [6.07, 6.45) is 5.76. The second-order valence-corrected chi connectivity index (χ2v) is 4.49. The second kappa shape index (κ2) is 3.89. The Kier molecular flexibility index (Phi) is 2.77. The summed E-state index contributed by atoms with van der Waals surface area (Å²) in [7, 11) is 0. The zero-order valence-electron chi connectivity index (χ0n) is 8.92. The molecule has 80 valence electrons. The van der Waals surface area contributed by atoms with Crippen molar-refractivity contribution in [1.29, 1.82) is 0 Å². The van der Waals surface area contributed by atoms with Crippen molar-refractivity contribution in [3.05, 3.63) is 0 Å². The molecule has 3 nitrogen and oxygen atoms in total. The molecule has 0 aliphatic carbocycles. The molecule has 1 spiro atoms. The standard InChI is InChI=1S/C11H19NO2/c1-10(13)12-7-5-11(6-8-12)4-2-3-9-14-11/h2-9H2,1H3. The van der Waals surface area contributed by atoms with E-state index in [2.05, 4.69) is 0 Å². The molecule has 0 aromatic heterocycles. The molecule has 0 saturated carbocycles. The lowest BCUT2D eigenvalue weighted by Crippen LogP contribution is -2.48. The van der Waals surface area contributed by atoms with Crippen LogP contribution >= 0.6 is 0 Å². The first-order valence-electron chi connectivity index (χ1n) is 5.61. The third-order valence-corrected chi connectivity index (χ3v) is 3.55. The van der Waals surface area contributed by atoms with E-state index >= 15 is 0 Å². The Hall–Kier alpha value is -0.570. The molecular weight excluding hydrogens is 178 g/mol. The number of nitrogens with zero attached hydrogens (tertiary/aromatic N) is 1. The number of likely N-dealkylation sites (tertiary alicyclic amines) is 1. The fourth-order valence-corrected chi connectivity index (χ4v) is 2.53. The summed E-state index contributed by atoms with van der Waals surface area (Å²) in [4.78, 5) is 13.1. The zero-order valence-corrected chi connectivity index (χ0v) is 8.92. The normalized spacial score (nSPS) is 26.5. The maximum atomic E-state index is 11.2. The molecule has 0 unspecified atom stereocenters. The molecule has 2 aliphatic rings. The molecule has 1 amide bonds. The van der Waals surface area contributed by atoms with E-state index in [1.807, 2.05) is 4.90 Å². The average molecular weight is 197 g/mol. The van der Waals surface area contributed by atoms with Crippen LogP contribution in [0, 0.1) is 0 Å². The maximum Gasteiger partial charge on any atom is 0.219 e. The summed E-state index contributed by atoms with van der Waals surface area (Å²) in [5.41, 5.74) is 0.129. The van der Waals surface area contributed by atoms with Gasteiger partial charge in [0, 0.05) is 26.6 Å². The molecule has 3 heteroatoms. The van der Waals surface area contributed by atoms with Crippen molar-refractivity contribution in [2.45, 2.75) is 44.6 Å². The third-order valence-electron chi connectivity index (χ3n) is 3.55. The van der Waals surface area contributed by atoms with Crippen LogP contribution in [0.2, 0.25) is 0 Å². The molecular formula is C11H19NO2. The summed E-state index contributed by atoms with van der Waals surface area (Å²) in [6, 6.07) is 0. The van der Waals surface area contributed by atoms with Gasteiger partial charge in [0.1, 0.15) is 0 Å². The van der Waals surface area contributed by atoms with Crippen molar-refractivity contribution < 1.29 is 9.53 Å². The van der Waals surface area contributed by atoms with E-state index in [-0.39, 0.29) is 11.5 Å². The van der Waals surface area contributed by atoms with Gasteiger partial charge in [-0.25, -0.2) is 0 Å². The van der Waals surface area contributed by atoms with Crippen molar-refractivity contribution in [3.63, 3.8) is 0 Å². The summed E-state index contributed by atoms with van der Waals surface area (Å²) in [5, 5.41) is 0. The Morgan fingerprint density at radius 2 is 1.93 bits per heavy atom. The molecule has 2 saturated heterocycles. The average Bonchev–Trinajstić information content (AvgIpc) is 2.19. The molecule has 0 aromatic rings. The van der Waals surface area contributed by atoms with Gasteiger partial charge in [0.2, 0.25) is 5.91 Å². The van der Waals surface area contributed by atoms with Gasteiger partial charge in [0.05, 0.1) is 5.60 Å². The minimum absolute atomic E-state index is 0.129. The molecule has 0 aromatic carbocycles. The van der Waals surface area contributed by atoms with E-state index in [1.54, 1.807) is 6.92 Å². The van der Waals surface area contributed by atoms with Gasteiger partial charge in [0.15, 0.2) is 0 Å². The Bertz CT molecular complexity index is 211. The minimum Gasteiger partial charge on any atom is -0.375 e. The zero-order chi connectivity index (χ0) is 10.0. The van der Waals surface area contributed by atoms with Crippen LogP contribution in [0.15, 0.2) is 0 Å². The Morgan fingerprint density at radius 3 is 2.43 bits per heavy atom. The second-order valence-electron chi connectivity index (χ2n) is 4.49. The molecule has 2 heterocycles. The van der Waals surface area contributed by atoms with Gasteiger partial charge in [-0.3, -0.25) is 4.79 Å². The monoisotopic (exact) mass is 197 g/mol. The molecule has 2 aliphatic heterocycles. The molecule has 0 bridgehead atoms. The summed E-state index contributed by atoms with van der Waals surface area (Å²) in [6.45, 7) is 4.34. The third kappa shape index (κ3) is 1.92. The predicted octanol–water partition coefficient (Wildman–Crippen LogP) is 1.57.